The van der Waals surface area contributed by atoms with Gasteiger partial charge < -0.3 is 53.6 Å². The van der Waals surface area contributed by atoms with E-state index < -0.39 is 60.6 Å². The normalized spacial score (nSPS) is 14.8. The Kier molecular flexibility index (Phi) is 12.8. The topological polar surface area (TPSA) is 276 Å². The van der Waals surface area contributed by atoms with Crippen molar-refractivity contribution in [3.8, 4) is 5.75 Å². The molecular formula is C22H35N7O8. The molecule has 1 aromatic rings. The zero-order chi connectivity index (χ0) is 28.1. The quantitative estimate of drug-likeness (QED) is 0.0602. The number of carboxylic acid groups (broad SMARTS) is 1. The van der Waals surface area contributed by atoms with Crippen LogP contribution >= 0.6 is 0 Å². The van der Waals surface area contributed by atoms with Crippen LogP contribution in [-0.4, -0.2) is 93.5 Å². The number of carbonyl (C=O) groups excluding carboxylic acids is 3. The first-order chi connectivity index (χ1) is 17.3. The molecule has 0 aromatic heterocycles. The SMILES string of the molecule is CC(O)C(NC(=O)C(N)CO)C(=O)NC(CCCN=C(N)N)C(=O)NC(Cc1ccc(O)cc1)C(=O)O. The summed E-state index contributed by atoms with van der Waals surface area (Å²) in [5.74, 6) is -4.21. The Bertz CT molecular complexity index is 951. The summed E-state index contributed by atoms with van der Waals surface area (Å²) in [6.07, 6.45) is -1.31. The van der Waals surface area contributed by atoms with E-state index in [4.69, 9.17) is 22.3 Å². The van der Waals surface area contributed by atoms with Crippen LogP contribution in [0.15, 0.2) is 29.3 Å². The first-order valence-electron chi connectivity index (χ1n) is 11.4. The van der Waals surface area contributed by atoms with E-state index in [1.807, 2.05) is 0 Å². The lowest BCUT2D eigenvalue weighted by atomic mass is 10.0. The third kappa shape index (κ3) is 11.1. The second-order valence-electron chi connectivity index (χ2n) is 8.30. The van der Waals surface area contributed by atoms with Crippen LogP contribution in [0.2, 0.25) is 0 Å². The van der Waals surface area contributed by atoms with Gasteiger partial charge in [0.25, 0.3) is 0 Å². The number of nitrogens with two attached hydrogens (primary N) is 3. The molecule has 0 spiro atoms. The maximum atomic E-state index is 13.0. The number of phenolic OH excluding ortho intramolecular Hbond substituents is 1. The van der Waals surface area contributed by atoms with Crippen LogP contribution in [0.3, 0.4) is 0 Å². The zero-order valence-corrected chi connectivity index (χ0v) is 20.3. The van der Waals surface area contributed by atoms with Crippen LogP contribution in [0.5, 0.6) is 5.75 Å². The van der Waals surface area contributed by atoms with Crippen LogP contribution in [-0.2, 0) is 25.6 Å². The van der Waals surface area contributed by atoms with Gasteiger partial charge >= 0.3 is 5.97 Å². The molecular weight excluding hydrogens is 490 g/mol. The highest BCUT2D eigenvalue weighted by Gasteiger charge is 2.32. The van der Waals surface area contributed by atoms with Crippen molar-refractivity contribution in [2.75, 3.05) is 13.2 Å². The van der Waals surface area contributed by atoms with Crippen LogP contribution in [0, 0.1) is 0 Å². The monoisotopic (exact) mass is 525 g/mol. The molecule has 0 aliphatic carbocycles. The van der Waals surface area contributed by atoms with E-state index in [1.165, 1.54) is 31.2 Å². The molecule has 5 atom stereocenters. The summed E-state index contributed by atoms with van der Waals surface area (Å²) in [6.45, 7) is 0.633. The molecule has 206 valence electrons. The van der Waals surface area contributed by atoms with Crippen molar-refractivity contribution in [1.82, 2.24) is 16.0 Å². The fourth-order valence-electron chi connectivity index (χ4n) is 3.12. The van der Waals surface area contributed by atoms with Gasteiger partial charge in [0.05, 0.1) is 12.7 Å². The Morgan fingerprint density at radius 2 is 1.57 bits per heavy atom. The van der Waals surface area contributed by atoms with E-state index in [9.17, 15) is 34.5 Å². The fraction of sp³-hybridized carbons (Fsp3) is 0.500. The van der Waals surface area contributed by atoms with E-state index in [-0.39, 0.29) is 37.5 Å². The number of phenols is 1. The van der Waals surface area contributed by atoms with E-state index in [0.29, 0.717) is 5.56 Å². The first-order valence-corrected chi connectivity index (χ1v) is 11.4. The second-order valence-corrected chi connectivity index (χ2v) is 8.30. The van der Waals surface area contributed by atoms with Crippen molar-refractivity contribution in [1.29, 1.82) is 0 Å². The van der Waals surface area contributed by atoms with E-state index in [0.717, 1.165) is 0 Å². The lowest BCUT2D eigenvalue weighted by molar-refractivity contribution is -0.142. The Labute approximate surface area is 213 Å². The summed E-state index contributed by atoms with van der Waals surface area (Å²) in [6, 6.07) is 0.218. The second kappa shape index (κ2) is 15.2. The number of carboxylic acids is 1. The number of aromatic hydroxyl groups is 1. The third-order valence-electron chi connectivity index (χ3n) is 5.17. The van der Waals surface area contributed by atoms with Gasteiger partial charge in [-0.1, -0.05) is 12.1 Å². The summed E-state index contributed by atoms with van der Waals surface area (Å²) >= 11 is 0. The average Bonchev–Trinajstić information content (AvgIpc) is 2.83. The number of hydrogen-bond donors (Lipinski definition) is 10. The number of rotatable bonds is 15. The Morgan fingerprint density at radius 3 is 2.08 bits per heavy atom. The summed E-state index contributed by atoms with van der Waals surface area (Å²) in [4.78, 5) is 53.5. The number of nitrogens with zero attached hydrogens (tertiary/aromatic N) is 1. The molecule has 37 heavy (non-hydrogen) atoms. The maximum absolute atomic E-state index is 13.0. The number of aliphatic carboxylic acids is 1. The zero-order valence-electron chi connectivity index (χ0n) is 20.3. The predicted octanol–water partition coefficient (Wildman–Crippen LogP) is -3.77. The number of aliphatic imine (C=N–C) groups is 1. The number of nitrogens with one attached hydrogen (secondary N) is 3. The number of carbonyl (C=O) groups is 4. The molecule has 3 amide bonds. The van der Waals surface area contributed by atoms with Crippen LogP contribution in [0.1, 0.15) is 25.3 Å². The number of hydrogen-bond acceptors (Lipinski definition) is 9. The molecule has 0 bridgehead atoms. The summed E-state index contributed by atoms with van der Waals surface area (Å²) in [5.41, 5.74) is 16.5. The largest absolute Gasteiger partial charge is 0.508 e. The molecule has 1 aromatic carbocycles. The maximum Gasteiger partial charge on any atom is 0.326 e. The van der Waals surface area contributed by atoms with Crippen LogP contribution in [0.25, 0.3) is 0 Å². The molecule has 0 fully saturated rings. The number of amides is 3. The smallest absolute Gasteiger partial charge is 0.326 e. The van der Waals surface area contributed by atoms with Crippen LogP contribution < -0.4 is 33.2 Å². The van der Waals surface area contributed by atoms with Gasteiger partial charge in [-0.2, -0.15) is 0 Å². The van der Waals surface area contributed by atoms with Gasteiger partial charge in [0.15, 0.2) is 5.96 Å². The Balaban J connectivity index is 3.05. The van der Waals surface area contributed by atoms with Gasteiger partial charge in [-0.3, -0.25) is 19.4 Å². The lowest BCUT2D eigenvalue weighted by Gasteiger charge is -2.26. The van der Waals surface area contributed by atoms with Crippen molar-refractivity contribution in [3.63, 3.8) is 0 Å². The molecule has 15 nitrogen and oxygen atoms in total. The van der Waals surface area contributed by atoms with Crippen molar-refractivity contribution >= 4 is 29.7 Å². The van der Waals surface area contributed by atoms with Gasteiger partial charge in [0, 0.05) is 13.0 Å². The van der Waals surface area contributed by atoms with Crippen molar-refractivity contribution in [2.45, 2.75) is 56.5 Å². The molecule has 0 aliphatic heterocycles. The van der Waals surface area contributed by atoms with Gasteiger partial charge in [0.1, 0.15) is 29.9 Å². The standard InChI is InChI=1S/C22H35N7O8/c1-11(31)17(29-18(33)14(23)10-30)20(35)27-15(3-2-8-26-22(24)25)19(34)28-16(21(36)37)9-12-4-6-13(32)7-5-12/h4-7,11,14-17,30-32H,2-3,8-10,23H2,1H3,(H,27,35)(H,28,34)(H,29,33)(H,36,37)(H4,24,25,26). The minimum Gasteiger partial charge on any atom is -0.508 e. The van der Waals surface area contributed by atoms with Gasteiger partial charge in [-0.15, -0.1) is 0 Å². The number of benzene rings is 1. The summed E-state index contributed by atoms with van der Waals surface area (Å²) in [5, 5.41) is 45.0. The van der Waals surface area contributed by atoms with E-state index in [1.54, 1.807) is 0 Å². The Hall–Kier alpha value is -3.95. The highest BCUT2D eigenvalue weighted by Crippen LogP contribution is 2.12. The molecule has 0 saturated carbocycles. The van der Waals surface area contributed by atoms with Gasteiger partial charge in [-0.25, -0.2) is 4.79 Å². The predicted molar refractivity (Wildman–Crippen MR) is 132 cm³/mol. The average molecular weight is 526 g/mol. The van der Waals surface area contributed by atoms with Crippen LogP contribution in [0.4, 0.5) is 0 Å². The molecule has 15 heteroatoms. The molecule has 0 radical (unpaired) electrons. The highest BCUT2D eigenvalue weighted by atomic mass is 16.4. The summed E-state index contributed by atoms with van der Waals surface area (Å²) < 4.78 is 0. The molecule has 0 heterocycles. The highest BCUT2D eigenvalue weighted by molar-refractivity contribution is 5.94. The number of aliphatic hydroxyl groups excluding tert-OH is 2. The van der Waals surface area contributed by atoms with Gasteiger partial charge in [-0.05, 0) is 37.5 Å². The molecule has 13 N–H and O–H groups in total. The molecule has 1 rings (SSSR count). The molecule has 0 saturated heterocycles. The third-order valence-corrected chi connectivity index (χ3v) is 5.17. The minimum atomic E-state index is -1.52. The van der Waals surface area contributed by atoms with Crippen molar-refractivity contribution in [2.24, 2.45) is 22.2 Å². The fourth-order valence-corrected chi connectivity index (χ4v) is 3.12. The Morgan fingerprint density at radius 1 is 0.973 bits per heavy atom. The molecule has 0 aliphatic rings. The molecule has 5 unspecified atom stereocenters. The van der Waals surface area contributed by atoms with Crippen molar-refractivity contribution in [3.05, 3.63) is 29.8 Å². The number of aliphatic hydroxyl groups is 2. The lowest BCUT2D eigenvalue weighted by Crippen LogP contribution is -2.60. The first kappa shape index (κ1) is 31.1. The summed E-state index contributed by atoms with van der Waals surface area (Å²) in [7, 11) is 0. The minimum absolute atomic E-state index is 0.0112. The van der Waals surface area contributed by atoms with Crippen molar-refractivity contribution < 1.29 is 39.6 Å². The van der Waals surface area contributed by atoms with Gasteiger partial charge in [0.2, 0.25) is 17.7 Å². The van der Waals surface area contributed by atoms with E-state index in [2.05, 4.69) is 20.9 Å². The van der Waals surface area contributed by atoms with E-state index >= 15 is 0 Å². The number of guanidine groups is 1.